The Morgan fingerprint density at radius 2 is 1.93 bits per heavy atom. The van der Waals surface area contributed by atoms with Gasteiger partial charge in [-0.1, -0.05) is 48.2 Å². The molecule has 0 spiro atoms. The second kappa shape index (κ2) is 6.06. The highest BCUT2D eigenvalue weighted by atomic mass is 15.4. The number of hydrogen-bond donors (Lipinski definition) is 0. The minimum absolute atomic E-state index is 0.713. The lowest BCUT2D eigenvalue weighted by molar-refractivity contribution is 0.776. The summed E-state index contributed by atoms with van der Waals surface area (Å²) in [5, 5.41) is 9.05. The van der Waals surface area contributed by atoms with Crippen molar-refractivity contribution in [1.29, 1.82) is 0 Å². The van der Waals surface area contributed by atoms with Crippen molar-refractivity contribution < 1.29 is 0 Å². The molecular formula is C22H19N5. The van der Waals surface area contributed by atoms with Crippen molar-refractivity contribution in [3.8, 4) is 11.4 Å². The Morgan fingerprint density at radius 1 is 1.07 bits per heavy atom. The van der Waals surface area contributed by atoms with Gasteiger partial charge >= 0.3 is 0 Å². The predicted molar refractivity (Wildman–Crippen MR) is 105 cm³/mol. The Kier molecular flexibility index (Phi) is 3.53. The van der Waals surface area contributed by atoms with Gasteiger partial charge in [0.1, 0.15) is 6.33 Å². The standard InChI is InChI=1S/C22H19N5/c1-3-17-20-13-21-18(12-16-7-5-4-6-8-16)24-25-27(21)22-11-15(2)9-10-19(22)26(20)14-23-17/h3-11,14H,1,12-13H2,2H3. The number of rotatable bonds is 3. The van der Waals surface area contributed by atoms with Gasteiger partial charge in [0.2, 0.25) is 0 Å². The molecule has 2 aromatic heterocycles. The molecule has 5 heteroatoms. The molecular weight excluding hydrogens is 334 g/mol. The van der Waals surface area contributed by atoms with Crippen molar-refractivity contribution in [3.05, 3.63) is 95.3 Å². The third kappa shape index (κ3) is 2.51. The van der Waals surface area contributed by atoms with Crippen LogP contribution in [0.5, 0.6) is 0 Å². The van der Waals surface area contributed by atoms with Gasteiger partial charge in [-0.3, -0.25) is 0 Å². The molecule has 0 amide bonds. The average Bonchev–Trinajstić information content (AvgIpc) is 3.24. The van der Waals surface area contributed by atoms with E-state index in [1.165, 1.54) is 11.1 Å². The van der Waals surface area contributed by atoms with Crippen molar-refractivity contribution in [3.63, 3.8) is 0 Å². The number of aromatic nitrogens is 5. The van der Waals surface area contributed by atoms with Crippen LogP contribution in [-0.4, -0.2) is 24.5 Å². The van der Waals surface area contributed by atoms with Crippen LogP contribution in [0.1, 0.15) is 33.9 Å². The molecule has 2 aromatic carbocycles. The fraction of sp³-hybridized carbons (Fsp3) is 0.136. The normalized spacial score (nSPS) is 12.0. The van der Waals surface area contributed by atoms with E-state index >= 15 is 0 Å². The minimum atomic E-state index is 0.713. The van der Waals surface area contributed by atoms with Gasteiger partial charge in [0.25, 0.3) is 0 Å². The van der Waals surface area contributed by atoms with Gasteiger partial charge in [-0.25, -0.2) is 9.67 Å². The Morgan fingerprint density at radius 3 is 2.74 bits per heavy atom. The van der Waals surface area contributed by atoms with Crippen molar-refractivity contribution >= 4 is 6.08 Å². The molecule has 0 unspecified atom stereocenters. The summed E-state index contributed by atoms with van der Waals surface area (Å²) in [6, 6.07) is 16.8. The number of hydrogen-bond acceptors (Lipinski definition) is 3. The Labute approximate surface area is 157 Å². The fourth-order valence-corrected chi connectivity index (χ4v) is 3.74. The van der Waals surface area contributed by atoms with E-state index in [1.54, 1.807) is 0 Å². The second-order valence-electron chi connectivity index (χ2n) is 6.88. The first-order valence-corrected chi connectivity index (χ1v) is 9.02. The maximum absolute atomic E-state index is 4.55. The van der Waals surface area contributed by atoms with E-state index in [4.69, 9.17) is 0 Å². The van der Waals surface area contributed by atoms with E-state index in [-0.39, 0.29) is 0 Å². The van der Waals surface area contributed by atoms with E-state index in [2.05, 4.69) is 75.8 Å². The van der Waals surface area contributed by atoms with Gasteiger partial charge in [-0.15, -0.1) is 5.10 Å². The highest BCUT2D eigenvalue weighted by molar-refractivity contribution is 5.60. The largest absolute Gasteiger partial charge is 0.300 e. The van der Waals surface area contributed by atoms with Gasteiger partial charge in [0.05, 0.1) is 34.2 Å². The second-order valence-corrected chi connectivity index (χ2v) is 6.88. The summed E-state index contributed by atoms with van der Waals surface area (Å²) in [5.74, 6) is 0. The zero-order chi connectivity index (χ0) is 18.4. The summed E-state index contributed by atoms with van der Waals surface area (Å²) in [6.45, 7) is 6.03. The number of benzene rings is 2. The lowest BCUT2D eigenvalue weighted by Crippen LogP contribution is -2.04. The molecule has 0 saturated heterocycles. The first kappa shape index (κ1) is 15.8. The van der Waals surface area contributed by atoms with Crippen LogP contribution in [0.15, 0.2) is 61.4 Å². The van der Waals surface area contributed by atoms with Crippen LogP contribution in [0, 0.1) is 6.92 Å². The smallest absolute Gasteiger partial charge is 0.100 e. The van der Waals surface area contributed by atoms with E-state index in [1.807, 2.05) is 23.2 Å². The molecule has 132 valence electrons. The van der Waals surface area contributed by atoms with Crippen LogP contribution in [0.3, 0.4) is 0 Å². The summed E-state index contributed by atoms with van der Waals surface area (Å²) < 4.78 is 4.13. The Hall–Kier alpha value is -3.47. The Balaban J connectivity index is 1.73. The van der Waals surface area contributed by atoms with Gasteiger partial charge < -0.3 is 4.57 Å². The van der Waals surface area contributed by atoms with Gasteiger partial charge in [0, 0.05) is 12.8 Å². The fourth-order valence-electron chi connectivity index (χ4n) is 3.74. The molecule has 1 aliphatic heterocycles. The molecule has 0 fully saturated rings. The zero-order valence-electron chi connectivity index (χ0n) is 15.1. The average molecular weight is 353 g/mol. The summed E-state index contributed by atoms with van der Waals surface area (Å²) in [6.07, 6.45) is 5.16. The number of nitrogens with zero attached hydrogens (tertiary/aromatic N) is 5. The lowest BCUT2D eigenvalue weighted by Gasteiger charge is -2.10. The van der Waals surface area contributed by atoms with E-state index in [0.717, 1.165) is 40.6 Å². The Bertz CT molecular complexity index is 1150. The maximum Gasteiger partial charge on any atom is 0.100 e. The SMILES string of the molecule is C=Cc1ncn2c1Cc1c(Cc3ccccc3)nnn1-c1cc(C)ccc1-2. The molecule has 0 N–H and O–H groups in total. The highest BCUT2D eigenvalue weighted by Gasteiger charge is 2.25. The molecule has 5 rings (SSSR count). The summed E-state index contributed by atoms with van der Waals surface area (Å²) in [5.41, 5.74) is 8.63. The molecule has 5 nitrogen and oxygen atoms in total. The molecule has 0 saturated carbocycles. The van der Waals surface area contributed by atoms with Crippen molar-refractivity contribution in [2.75, 3.05) is 0 Å². The van der Waals surface area contributed by atoms with Crippen LogP contribution in [0.2, 0.25) is 0 Å². The molecule has 27 heavy (non-hydrogen) atoms. The lowest BCUT2D eigenvalue weighted by atomic mass is 10.1. The molecule has 0 radical (unpaired) electrons. The minimum Gasteiger partial charge on any atom is -0.300 e. The number of fused-ring (bicyclic) bond motifs is 5. The monoisotopic (exact) mass is 353 g/mol. The van der Waals surface area contributed by atoms with E-state index in [9.17, 15) is 0 Å². The summed E-state index contributed by atoms with van der Waals surface area (Å²) in [7, 11) is 0. The summed E-state index contributed by atoms with van der Waals surface area (Å²) >= 11 is 0. The third-order valence-corrected chi connectivity index (χ3v) is 5.10. The van der Waals surface area contributed by atoms with Gasteiger partial charge in [-0.2, -0.15) is 0 Å². The van der Waals surface area contributed by atoms with Crippen LogP contribution in [0.4, 0.5) is 0 Å². The number of aryl methyl sites for hydroxylation is 1. The van der Waals surface area contributed by atoms with Crippen molar-refractivity contribution in [2.45, 2.75) is 19.8 Å². The maximum atomic E-state index is 4.55. The molecule has 4 aromatic rings. The predicted octanol–water partition coefficient (Wildman–Crippen LogP) is 3.90. The van der Waals surface area contributed by atoms with Gasteiger partial charge in [-0.05, 0) is 36.3 Å². The van der Waals surface area contributed by atoms with Crippen LogP contribution in [-0.2, 0) is 12.8 Å². The molecule has 0 aliphatic carbocycles. The van der Waals surface area contributed by atoms with E-state index < -0.39 is 0 Å². The third-order valence-electron chi connectivity index (χ3n) is 5.10. The topological polar surface area (TPSA) is 48.5 Å². The van der Waals surface area contributed by atoms with Crippen LogP contribution in [0.25, 0.3) is 17.5 Å². The highest BCUT2D eigenvalue weighted by Crippen LogP contribution is 2.31. The van der Waals surface area contributed by atoms with E-state index in [0.29, 0.717) is 6.42 Å². The molecule has 0 bridgehead atoms. The molecule has 0 atom stereocenters. The summed E-state index contributed by atoms with van der Waals surface area (Å²) in [4.78, 5) is 4.55. The van der Waals surface area contributed by atoms with Crippen molar-refractivity contribution in [1.82, 2.24) is 24.5 Å². The van der Waals surface area contributed by atoms with Crippen molar-refractivity contribution in [2.24, 2.45) is 0 Å². The van der Waals surface area contributed by atoms with Gasteiger partial charge in [0.15, 0.2) is 0 Å². The zero-order valence-corrected chi connectivity index (χ0v) is 15.1. The molecule has 3 heterocycles. The first-order chi connectivity index (χ1) is 13.2. The van der Waals surface area contributed by atoms with Crippen LogP contribution < -0.4 is 0 Å². The van der Waals surface area contributed by atoms with Crippen LogP contribution >= 0.6 is 0 Å². The quantitative estimate of drug-likeness (QED) is 0.494. The number of imidazole rings is 1. The first-order valence-electron chi connectivity index (χ1n) is 9.02. The molecule has 1 aliphatic rings.